The lowest BCUT2D eigenvalue weighted by Gasteiger charge is -2.23. The molecule has 0 bridgehead atoms. The summed E-state index contributed by atoms with van der Waals surface area (Å²) in [5.74, 6) is -1.87. The van der Waals surface area contributed by atoms with Gasteiger partial charge in [-0.3, -0.25) is 14.6 Å². The smallest absolute Gasteiger partial charge is 0.406 e. The molecule has 1 heterocycles. The van der Waals surface area contributed by atoms with Gasteiger partial charge in [-0.05, 0) is 38.1 Å². The van der Waals surface area contributed by atoms with Crippen LogP contribution in [0, 0.1) is 6.92 Å². The number of alkyl halides is 3. The first-order chi connectivity index (χ1) is 12.1. The van der Waals surface area contributed by atoms with E-state index in [1.807, 2.05) is 0 Å². The average molecular weight is 389 g/mol. The maximum atomic E-state index is 12.8. The molecule has 1 aromatic heterocycles. The minimum absolute atomic E-state index is 0.00192. The number of aromatic nitrogens is 1. The number of aryl methyl sites for hydroxylation is 1. The molecule has 0 aliphatic rings. The molecule has 9 heteroatoms. The average Bonchev–Trinajstić information content (AvgIpc) is 2.52. The van der Waals surface area contributed by atoms with Gasteiger partial charge < -0.3 is 9.64 Å². The molecule has 140 valence electrons. The quantitative estimate of drug-likeness (QED) is 0.732. The lowest BCUT2D eigenvalue weighted by molar-refractivity contribution is -0.153. The number of rotatable bonds is 5. The van der Waals surface area contributed by atoms with Crippen molar-refractivity contribution >= 4 is 34.4 Å². The maximum Gasteiger partial charge on any atom is 0.406 e. The second-order valence-corrected chi connectivity index (χ2v) is 5.98. The molecule has 2 aromatic rings. The monoisotopic (exact) mass is 388 g/mol. The summed E-state index contributed by atoms with van der Waals surface area (Å²) in [5, 5.41) is 0.912. The SMILES string of the molecule is CCOC(=O)CN(CC(F)(F)F)C(=O)c1cc2cc(Cl)ccc2nc1C. The minimum atomic E-state index is -4.66. The van der Waals surface area contributed by atoms with Crippen LogP contribution in [-0.2, 0) is 9.53 Å². The van der Waals surface area contributed by atoms with E-state index in [1.165, 1.54) is 19.9 Å². The van der Waals surface area contributed by atoms with E-state index in [0.717, 1.165) is 0 Å². The van der Waals surface area contributed by atoms with Crippen molar-refractivity contribution in [3.8, 4) is 0 Å². The van der Waals surface area contributed by atoms with Gasteiger partial charge in [-0.1, -0.05) is 11.6 Å². The molecule has 0 unspecified atom stereocenters. The Kier molecular flexibility index (Phi) is 6.07. The van der Waals surface area contributed by atoms with Gasteiger partial charge in [0.05, 0.1) is 23.4 Å². The van der Waals surface area contributed by atoms with Crippen LogP contribution in [-0.4, -0.2) is 47.6 Å². The number of hydrogen-bond donors (Lipinski definition) is 0. The number of esters is 1. The highest BCUT2D eigenvalue weighted by Gasteiger charge is 2.35. The number of nitrogens with zero attached hydrogens (tertiary/aromatic N) is 2. The first-order valence-electron chi connectivity index (χ1n) is 7.69. The molecule has 0 aliphatic heterocycles. The number of halogens is 4. The van der Waals surface area contributed by atoms with Crippen molar-refractivity contribution in [2.75, 3.05) is 19.7 Å². The van der Waals surface area contributed by atoms with Gasteiger partial charge in [0.25, 0.3) is 5.91 Å². The van der Waals surface area contributed by atoms with E-state index >= 15 is 0 Å². The fraction of sp³-hybridized carbons (Fsp3) is 0.353. The summed E-state index contributed by atoms with van der Waals surface area (Å²) in [6, 6.07) is 6.24. The molecule has 5 nitrogen and oxygen atoms in total. The van der Waals surface area contributed by atoms with Crippen molar-refractivity contribution in [3.63, 3.8) is 0 Å². The van der Waals surface area contributed by atoms with Gasteiger partial charge in [0.15, 0.2) is 0 Å². The van der Waals surface area contributed by atoms with E-state index in [0.29, 0.717) is 20.8 Å². The Bertz CT molecular complexity index is 840. The molecular formula is C17H16ClF3N2O3. The lowest BCUT2D eigenvalue weighted by atomic mass is 10.1. The number of fused-ring (bicyclic) bond motifs is 1. The third-order valence-corrected chi connectivity index (χ3v) is 3.72. The zero-order chi connectivity index (χ0) is 19.5. The molecule has 0 radical (unpaired) electrons. The van der Waals surface area contributed by atoms with E-state index in [2.05, 4.69) is 9.72 Å². The van der Waals surface area contributed by atoms with Crippen molar-refractivity contribution in [3.05, 3.63) is 40.5 Å². The zero-order valence-electron chi connectivity index (χ0n) is 14.1. The van der Waals surface area contributed by atoms with Gasteiger partial charge in [-0.25, -0.2) is 0 Å². The third-order valence-electron chi connectivity index (χ3n) is 3.48. The van der Waals surface area contributed by atoms with Gasteiger partial charge in [0.2, 0.25) is 0 Å². The normalized spacial score (nSPS) is 11.5. The second-order valence-electron chi connectivity index (χ2n) is 5.54. The fourth-order valence-electron chi connectivity index (χ4n) is 2.41. The fourth-order valence-corrected chi connectivity index (χ4v) is 2.59. The van der Waals surface area contributed by atoms with Crippen molar-refractivity contribution < 1.29 is 27.5 Å². The van der Waals surface area contributed by atoms with Crippen LogP contribution < -0.4 is 0 Å². The molecule has 0 fully saturated rings. The number of benzene rings is 1. The summed E-state index contributed by atoms with van der Waals surface area (Å²) in [5.41, 5.74) is 0.769. The van der Waals surface area contributed by atoms with Crippen molar-refractivity contribution in [1.29, 1.82) is 0 Å². The van der Waals surface area contributed by atoms with Crippen LogP contribution in [0.4, 0.5) is 13.2 Å². The number of carbonyl (C=O) groups is 2. The number of pyridine rings is 1. The van der Waals surface area contributed by atoms with E-state index in [1.54, 1.807) is 18.2 Å². The van der Waals surface area contributed by atoms with Crippen LogP contribution in [0.3, 0.4) is 0 Å². The van der Waals surface area contributed by atoms with Crippen molar-refractivity contribution in [2.24, 2.45) is 0 Å². The molecule has 26 heavy (non-hydrogen) atoms. The van der Waals surface area contributed by atoms with Crippen LogP contribution in [0.25, 0.3) is 10.9 Å². The highest BCUT2D eigenvalue weighted by atomic mass is 35.5. The molecule has 0 aliphatic carbocycles. The second kappa shape index (κ2) is 7.90. The summed E-state index contributed by atoms with van der Waals surface area (Å²) >= 11 is 5.91. The molecule has 0 N–H and O–H groups in total. The first-order valence-corrected chi connectivity index (χ1v) is 8.07. The van der Waals surface area contributed by atoms with E-state index in [9.17, 15) is 22.8 Å². The number of hydrogen-bond acceptors (Lipinski definition) is 4. The van der Waals surface area contributed by atoms with E-state index < -0.39 is 31.1 Å². The molecular weight excluding hydrogens is 373 g/mol. The molecule has 1 aromatic carbocycles. The first kappa shape index (κ1) is 20.0. The highest BCUT2D eigenvalue weighted by molar-refractivity contribution is 6.31. The Morgan fingerprint density at radius 3 is 2.58 bits per heavy atom. The van der Waals surface area contributed by atoms with Crippen molar-refractivity contribution in [2.45, 2.75) is 20.0 Å². The summed E-state index contributed by atoms with van der Waals surface area (Å²) in [7, 11) is 0. The molecule has 0 saturated carbocycles. The Hall–Kier alpha value is -2.35. The van der Waals surface area contributed by atoms with Gasteiger partial charge in [0.1, 0.15) is 13.1 Å². The van der Waals surface area contributed by atoms with Crippen LogP contribution in [0.15, 0.2) is 24.3 Å². The Morgan fingerprint density at radius 2 is 1.96 bits per heavy atom. The lowest BCUT2D eigenvalue weighted by Crippen LogP contribution is -2.42. The van der Waals surface area contributed by atoms with Gasteiger partial charge in [-0.15, -0.1) is 0 Å². The summed E-state index contributed by atoms with van der Waals surface area (Å²) < 4.78 is 43.2. The summed E-state index contributed by atoms with van der Waals surface area (Å²) in [4.78, 5) is 28.9. The van der Waals surface area contributed by atoms with E-state index in [4.69, 9.17) is 11.6 Å². The minimum Gasteiger partial charge on any atom is -0.465 e. The maximum absolute atomic E-state index is 12.8. The van der Waals surface area contributed by atoms with Gasteiger partial charge in [0, 0.05) is 10.4 Å². The molecule has 0 saturated heterocycles. The molecule has 1 amide bonds. The summed E-state index contributed by atoms with van der Waals surface area (Å²) in [6.45, 7) is 0.658. The zero-order valence-corrected chi connectivity index (χ0v) is 14.8. The van der Waals surface area contributed by atoms with Crippen LogP contribution >= 0.6 is 11.6 Å². The predicted molar refractivity (Wildman–Crippen MR) is 90.1 cm³/mol. The Labute approximate surface area is 152 Å². The Balaban J connectivity index is 2.41. The predicted octanol–water partition coefficient (Wildman–Crippen LogP) is 3.76. The largest absolute Gasteiger partial charge is 0.465 e. The van der Waals surface area contributed by atoms with E-state index in [-0.39, 0.29) is 17.9 Å². The standard InChI is InChI=1S/C17H16ClF3N2O3/c1-3-26-15(24)8-23(9-17(19,20)21)16(25)13-7-11-6-12(18)4-5-14(11)22-10(13)2/h4-7H,3,8-9H2,1-2H3. The van der Waals surface area contributed by atoms with Gasteiger partial charge in [-0.2, -0.15) is 13.2 Å². The highest BCUT2D eigenvalue weighted by Crippen LogP contribution is 2.23. The van der Waals surface area contributed by atoms with Crippen molar-refractivity contribution in [1.82, 2.24) is 9.88 Å². The third kappa shape index (κ3) is 5.08. The molecule has 2 rings (SSSR count). The summed E-state index contributed by atoms with van der Waals surface area (Å²) in [6.07, 6.45) is -4.66. The number of carbonyl (C=O) groups excluding carboxylic acids is 2. The van der Waals surface area contributed by atoms with Gasteiger partial charge >= 0.3 is 12.1 Å². The topological polar surface area (TPSA) is 59.5 Å². The molecule has 0 atom stereocenters. The Morgan fingerprint density at radius 1 is 1.27 bits per heavy atom. The molecule has 0 spiro atoms. The van der Waals surface area contributed by atoms with Crippen LogP contribution in [0.2, 0.25) is 5.02 Å². The van der Waals surface area contributed by atoms with Crippen LogP contribution in [0.1, 0.15) is 23.0 Å². The number of ether oxygens (including phenoxy) is 1. The number of amides is 1. The van der Waals surface area contributed by atoms with Crippen LogP contribution in [0.5, 0.6) is 0 Å².